The number of hydrogen-bond donors (Lipinski definition) is 0. The summed E-state index contributed by atoms with van der Waals surface area (Å²) in [5, 5.41) is 0. The highest BCUT2D eigenvalue weighted by molar-refractivity contribution is 4.82. The summed E-state index contributed by atoms with van der Waals surface area (Å²) in [6.45, 7) is 2.96. The van der Waals surface area contributed by atoms with Crippen molar-refractivity contribution in [1.29, 1.82) is 0 Å². The Bertz CT molecular complexity index is 348. The Balaban J connectivity index is 1.22. The molecule has 4 fully saturated rings. The van der Waals surface area contributed by atoms with E-state index in [-0.39, 0.29) is 0 Å². The number of rotatable bonds is 6. The summed E-state index contributed by atoms with van der Waals surface area (Å²) in [6.07, 6.45) is 19.7. The summed E-state index contributed by atoms with van der Waals surface area (Å²) in [4.78, 5) is 0. The molecule has 4 saturated heterocycles. The van der Waals surface area contributed by atoms with Crippen LogP contribution in [-0.4, -0.2) is 60.3 Å². The SMILES string of the molecule is C[N+]1(CCCCC[N+]2(C)[C@@H]3CCC[C@H]2CC3)[C@@H]2CCC[C@H]1CC2. The van der Waals surface area contributed by atoms with Gasteiger partial charge in [-0.15, -0.1) is 0 Å². The molecule has 23 heavy (non-hydrogen) atoms. The topological polar surface area (TPSA) is 0 Å². The monoisotopic (exact) mass is 320 g/mol. The third-order valence-corrected chi connectivity index (χ3v) is 8.93. The van der Waals surface area contributed by atoms with Gasteiger partial charge in [-0.3, -0.25) is 0 Å². The van der Waals surface area contributed by atoms with Gasteiger partial charge in [-0.2, -0.15) is 0 Å². The van der Waals surface area contributed by atoms with E-state index in [9.17, 15) is 0 Å². The maximum absolute atomic E-state index is 2.60. The summed E-state index contributed by atoms with van der Waals surface area (Å²) < 4.78 is 2.91. The summed E-state index contributed by atoms with van der Waals surface area (Å²) >= 11 is 0. The van der Waals surface area contributed by atoms with Crippen molar-refractivity contribution in [3.8, 4) is 0 Å². The standard InChI is InChI=1S/C21H40N2/c1-22(18-8-6-9-19(22)13-12-18)16-4-3-5-17-23(2)20-10-7-11-21(23)15-14-20/h18-21H,3-17H2,1-2H3/q+2/t18-,19+,20-,21+,22?,23?. The van der Waals surface area contributed by atoms with Crippen molar-refractivity contribution in [3.63, 3.8) is 0 Å². The van der Waals surface area contributed by atoms with E-state index in [1.807, 2.05) is 0 Å². The average molecular weight is 321 g/mol. The quantitative estimate of drug-likeness (QED) is 0.500. The van der Waals surface area contributed by atoms with E-state index < -0.39 is 0 Å². The molecular weight excluding hydrogens is 280 g/mol. The Hall–Kier alpha value is -0.0800. The minimum absolute atomic E-state index is 1.02. The smallest absolute Gasteiger partial charge is 0.0892 e. The molecule has 4 rings (SSSR count). The Morgan fingerprint density at radius 3 is 1.22 bits per heavy atom. The van der Waals surface area contributed by atoms with Gasteiger partial charge in [-0.05, 0) is 57.8 Å². The first-order chi connectivity index (χ1) is 11.1. The molecule has 132 valence electrons. The van der Waals surface area contributed by atoms with E-state index in [2.05, 4.69) is 14.1 Å². The van der Waals surface area contributed by atoms with Gasteiger partial charge in [0.2, 0.25) is 0 Å². The Kier molecular flexibility index (Phi) is 4.51. The van der Waals surface area contributed by atoms with Crippen molar-refractivity contribution in [3.05, 3.63) is 0 Å². The lowest BCUT2D eigenvalue weighted by atomic mass is 9.97. The Labute approximate surface area is 144 Å². The number of piperidine rings is 2. The molecule has 2 nitrogen and oxygen atoms in total. The van der Waals surface area contributed by atoms with Gasteiger partial charge >= 0.3 is 0 Å². The fourth-order valence-corrected chi connectivity index (χ4v) is 7.29. The maximum atomic E-state index is 2.60. The van der Waals surface area contributed by atoms with E-state index in [0.717, 1.165) is 24.2 Å². The molecular formula is C21H40N2+2. The fourth-order valence-electron chi connectivity index (χ4n) is 7.29. The van der Waals surface area contributed by atoms with Crippen LogP contribution in [0.1, 0.15) is 83.5 Å². The summed E-state index contributed by atoms with van der Waals surface area (Å²) in [6, 6.07) is 4.10. The number of unbranched alkanes of at least 4 members (excludes halogenated alkanes) is 2. The van der Waals surface area contributed by atoms with E-state index in [1.165, 1.54) is 106 Å². The number of fused-ring (bicyclic) bond motifs is 4. The minimum atomic E-state index is 1.02. The molecule has 0 aromatic rings. The van der Waals surface area contributed by atoms with Crippen molar-refractivity contribution in [2.75, 3.05) is 27.2 Å². The summed E-state index contributed by atoms with van der Waals surface area (Å²) in [7, 11) is 5.19. The number of hydrogen-bond acceptors (Lipinski definition) is 0. The van der Waals surface area contributed by atoms with Crippen LogP contribution in [0.4, 0.5) is 0 Å². The first kappa shape index (κ1) is 16.4. The second-order valence-corrected chi connectivity index (χ2v) is 9.83. The van der Waals surface area contributed by atoms with Crippen molar-refractivity contribution in [1.82, 2.24) is 0 Å². The molecule has 2 unspecified atom stereocenters. The van der Waals surface area contributed by atoms with Crippen LogP contribution in [0.15, 0.2) is 0 Å². The van der Waals surface area contributed by atoms with Crippen molar-refractivity contribution in [2.24, 2.45) is 0 Å². The van der Waals surface area contributed by atoms with Gasteiger partial charge in [0.1, 0.15) is 0 Å². The van der Waals surface area contributed by atoms with Gasteiger partial charge in [-0.1, -0.05) is 0 Å². The lowest BCUT2D eigenvalue weighted by Crippen LogP contribution is -2.56. The molecule has 0 N–H and O–H groups in total. The van der Waals surface area contributed by atoms with Crippen LogP contribution in [0.25, 0.3) is 0 Å². The molecule has 0 amide bonds. The summed E-state index contributed by atoms with van der Waals surface area (Å²) in [5.74, 6) is 0. The van der Waals surface area contributed by atoms with Gasteiger partial charge in [0.05, 0.1) is 51.4 Å². The van der Waals surface area contributed by atoms with Crippen molar-refractivity contribution < 1.29 is 8.97 Å². The highest BCUT2D eigenvalue weighted by atomic mass is 15.4. The zero-order chi connectivity index (χ0) is 15.9. The molecule has 4 aliphatic heterocycles. The van der Waals surface area contributed by atoms with Crippen LogP contribution in [0.2, 0.25) is 0 Å². The van der Waals surface area contributed by atoms with Gasteiger partial charge in [-0.25, -0.2) is 0 Å². The highest BCUT2D eigenvalue weighted by Gasteiger charge is 2.49. The maximum Gasteiger partial charge on any atom is 0.0892 e. The first-order valence-corrected chi connectivity index (χ1v) is 10.8. The third kappa shape index (κ3) is 2.78. The molecule has 0 radical (unpaired) electrons. The lowest BCUT2D eigenvalue weighted by Gasteiger charge is -2.45. The average Bonchev–Trinajstić information content (AvgIpc) is 2.86. The normalized spacial score (nSPS) is 48.8. The van der Waals surface area contributed by atoms with Gasteiger partial charge < -0.3 is 8.97 Å². The summed E-state index contributed by atoms with van der Waals surface area (Å²) in [5.41, 5.74) is 0. The zero-order valence-corrected chi connectivity index (χ0v) is 15.8. The van der Waals surface area contributed by atoms with E-state index >= 15 is 0 Å². The van der Waals surface area contributed by atoms with E-state index in [4.69, 9.17) is 0 Å². The van der Waals surface area contributed by atoms with Crippen LogP contribution >= 0.6 is 0 Å². The molecule has 2 heteroatoms. The predicted octanol–water partition coefficient (Wildman–Crippen LogP) is 4.48. The fraction of sp³-hybridized carbons (Fsp3) is 1.00. The molecule has 4 aliphatic rings. The van der Waals surface area contributed by atoms with E-state index in [1.54, 1.807) is 0 Å². The highest BCUT2D eigenvalue weighted by Crippen LogP contribution is 2.42. The third-order valence-electron chi connectivity index (χ3n) is 8.93. The van der Waals surface area contributed by atoms with Crippen LogP contribution < -0.4 is 0 Å². The molecule has 4 bridgehead atoms. The molecule has 6 atom stereocenters. The van der Waals surface area contributed by atoms with Crippen LogP contribution in [-0.2, 0) is 0 Å². The number of nitrogens with zero attached hydrogens (tertiary/aromatic N) is 2. The van der Waals surface area contributed by atoms with Crippen molar-refractivity contribution >= 4 is 0 Å². The van der Waals surface area contributed by atoms with Crippen LogP contribution in [0.5, 0.6) is 0 Å². The van der Waals surface area contributed by atoms with Crippen LogP contribution in [0, 0.1) is 0 Å². The first-order valence-electron chi connectivity index (χ1n) is 10.8. The molecule has 0 spiro atoms. The number of quaternary nitrogens is 2. The Morgan fingerprint density at radius 1 is 0.522 bits per heavy atom. The van der Waals surface area contributed by atoms with E-state index in [0.29, 0.717) is 0 Å². The largest absolute Gasteiger partial charge is 0.321 e. The zero-order valence-electron chi connectivity index (χ0n) is 15.8. The van der Waals surface area contributed by atoms with Gasteiger partial charge in [0, 0.05) is 25.7 Å². The molecule has 0 saturated carbocycles. The molecule has 4 heterocycles. The predicted molar refractivity (Wildman–Crippen MR) is 97.3 cm³/mol. The second kappa shape index (κ2) is 6.33. The minimum Gasteiger partial charge on any atom is -0.321 e. The Morgan fingerprint density at radius 2 is 0.870 bits per heavy atom. The molecule has 0 aliphatic carbocycles. The second-order valence-electron chi connectivity index (χ2n) is 9.83. The van der Waals surface area contributed by atoms with Gasteiger partial charge in [0.15, 0.2) is 0 Å². The van der Waals surface area contributed by atoms with Crippen LogP contribution in [0.3, 0.4) is 0 Å². The molecule has 0 aromatic carbocycles. The lowest BCUT2D eigenvalue weighted by molar-refractivity contribution is -0.950. The molecule has 0 aromatic heterocycles. The van der Waals surface area contributed by atoms with Gasteiger partial charge in [0.25, 0.3) is 0 Å². The van der Waals surface area contributed by atoms with Crippen molar-refractivity contribution in [2.45, 2.75) is 108 Å².